The van der Waals surface area contributed by atoms with Gasteiger partial charge in [0.15, 0.2) is 0 Å². The van der Waals surface area contributed by atoms with Crippen molar-refractivity contribution >= 4 is 0 Å². The monoisotopic (exact) mass is 183 g/mol. The fourth-order valence-corrected chi connectivity index (χ4v) is 2.85. The summed E-state index contributed by atoms with van der Waals surface area (Å²) in [6, 6.07) is 0.615. The molecule has 1 heterocycles. The predicted molar refractivity (Wildman–Crippen MR) is 53.6 cm³/mol. The second-order valence-electron chi connectivity index (χ2n) is 4.57. The molecule has 0 aromatic heterocycles. The molecule has 1 saturated carbocycles. The molecule has 2 fully saturated rings. The molecule has 2 aliphatic rings. The minimum absolute atomic E-state index is 0.0238. The second-order valence-corrected chi connectivity index (χ2v) is 4.57. The van der Waals surface area contributed by atoms with Gasteiger partial charge in [-0.1, -0.05) is 19.3 Å². The highest BCUT2D eigenvalue weighted by molar-refractivity contribution is 4.86. The van der Waals surface area contributed by atoms with Crippen LogP contribution in [0.3, 0.4) is 0 Å². The van der Waals surface area contributed by atoms with E-state index in [1.165, 1.54) is 38.5 Å². The highest BCUT2D eigenvalue weighted by Crippen LogP contribution is 2.30. The lowest BCUT2D eigenvalue weighted by molar-refractivity contribution is 0.0422. The molecular weight excluding hydrogens is 162 g/mol. The van der Waals surface area contributed by atoms with Crippen molar-refractivity contribution in [1.29, 1.82) is 0 Å². The molecule has 2 heteroatoms. The van der Waals surface area contributed by atoms with E-state index in [4.69, 9.17) is 0 Å². The normalized spacial score (nSPS) is 41.8. The zero-order chi connectivity index (χ0) is 9.10. The van der Waals surface area contributed by atoms with Gasteiger partial charge in [-0.25, -0.2) is 0 Å². The van der Waals surface area contributed by atoms with E-state index < -0.39 is 0 Å². The summed E-state index contributed by atoms with van der Waals surface area (Å²) in [6.07, 6.45) is 8.73. The van der Waals surface area contributed by atoms with Crippen LogP contribution in [0.15, 0.2) is 0 Å². The van der Waals surface area contributed by atoms with Crippen LogP contribution in [0, 0.1) is 5.92 Å². The van der Waals surface area contributed by atoms with E-state index in [1.807, 2.05) is 0 Å². The summed E-state index contributed by atoms with van der Waals surface area (Å²) in [5.41, 5.74) is 0. The minimum atomic E-state index is -0.0238. The Labute approximate surface area is 80.7 Å². The quantitative estimate of drug-likeness (QED) is 0.648. The minimum Gasteiger partial charge on any atom is -0.393 e. The molecule has 13 heavy (non-hydrogen) atoms. The van der Waals surface area contributed by atoms with Gasteiger partial charge in [-0.2, -0.15) is 0 Å². The Bertz CT molecular complexity index is 154. The lowest BCUT2D eigenvalue weighted by atomic mass is 9.79. The van der Waals surface area contributed by atoms with Crippen molar-refractivity contribution < 1.29 is 5.11 Å². The number of hydrogen-bond acceptors (Lipinski definition) is 2. The fourth-order valence-electron chi connectivity index (χ4n) is 2.85. The number of piperidine rings is 1. The molecule has 1 aliphatic carbocycles. The molecule has 0 aromatic carbocycles. The molecule has 2 rings (SSSR count). The summed E-state index contributed by atoms with van der Waals surface area (Å²) in [4.78, 5) is 0. The standard InChI is InChI=1S/C11H21NO/c13-11-7-2-1-5-9(11)10-6-3-4-8-12-10/h9-13H,1-8H2/t9-,10-,11-/m0/s1. The van der Waals surface area contributed by atoms with E-state index in [-0.39, 0.29) is 6.10 Å². The number of aliphatic hydroxyl groups is 1. The van der Waals surface area contributed by atoms with E-state index in [0.717, 1.165) is 13.0 Å². The molecule has 0 aromatic rings. The molecule has 76 valence electrons. The number of aliphatic hydroxyl groups excluding tert-OH is 1. The van der Waals surface area contributed by atoms with Crippen molar-refractivity contribution in [3.8, 4) is 0 Å². The van der Waals surface area contributed by atoms with Crippen LogP contribution in [-0.2, 0) is 0 Å². The Hall–Kier alpha value is -0.0800. The van der Waals surface area contributed by atoms with Gasteiger partial charge in [0.2, 0.25) is 0 Å². The average molecular weight is 183 g/mol. The van der Waals surface area contributed by atoms with E-state index in [1.54, 1.807) is 0 Å². The lowest BCUT2D eigenvalue weighted by Crippen LogP contribution is -2.45. The maximum Gasteiger partial charge on any atom is 0.0583 e. The van der Waals surface area contributed by atoms with Crippen LogP contribution in [0.2, 0.25) is 0 Å². The van der Waals surface area contributed by atoms with Crippen molar-refractivity contribution in [3.63, 3.8) is 0 Å². The van der Waals surface area contributed by atoms with Crippen LogP contribution in [0.25, 0.3) is 0 Å². The lowest BCUT2D eigenvalue weighted by Gasteiger charge is -2.37. The van der Waals surface area contributed by atoms with Gasteiger partial charge in [0.25, 0.3) is 0 Å². The summed E-state index contributed by atoms with van der Waals surface area (Å²) in [7, 11) is 0. The molecule has 2 nitrogen and oxygen atoms in total. The summed E-state index contributed by atoms with van der Waals surface area (Å²) in [6.45, 7) is 1.16. The third kappa shape index (κ3) is 2.23. The SMILES string of the molecule is O[C@H]1CCCC[C@H]1[C@@H]1CCCCN1. The molecule has 0 unspecified atom stereocenters. The largest absolute Gasteiger partial charge is 0.393 e. The first-order valence-corrected chi connectivity index (χ1v) is 5.79. The van der Waals surface area contributed by atoms with Gasteiger partial charge >= 0.3 is 0 Å². The molecule has 0 amide bonds. The highest BCUT2D eigenvalue weighted by Gasteiger charge is 2.30. The Kier molecular flexibility index (Phi) is 3.23. The van der Waals surface area contributed by atoms with Crippen molar-refractivity contribution in [2.75, 3.05) is 6.54 Å². The van der Waals surface area contributed by atoms with Gasteiger partial charge in [0, 0.05) is 12.0 Å². The molecule has 2 N–H and O–H groups in total. The van der Waals surface area contributed by atoms with Crippen LogP contribution in [0.1, 0.15) is 44.9 Å². The van der Waals surface area contributed by atoms with E-state index in [9.17, 15) is 5.11 Å². The first-order valence-electron chi connectivity index (χ1n) is 5.79. The fraction of sp³-hybridized carbons (Fsp3) is 1.00. The van der Waals surface area contributed by atoms with Gasteiger partial charge in [-0.3, -0.25) is 0 Å². The zero-order valence-corrected chi connectivity index (χ0v) is 8.34. The van der Waals surface area contributed by atoms with E-state index >= 15 is 0 Å². The van der Waals surface area contributed by atoms with Crippen molar-refractivity contribution in [2.24, 2.45) is 5.92 Å². The van der Waals surface area contributed by atoms with Gasteiger partial charge < -0.3 is 10.4 Å². The zero-order valence-electron chi connectivity index (χ0n) is 8.34. The van der Waals surface area contributed by atoms with E-state index in [2.05, 4.69) is 5.32 Å². The predicted octanol–water partition coefficient (Wildman–Crippen LogP) is 1.68. The summed E-state index contributed by atoms with van der Waals surface area (Å²) in [5.74, 6) is 0.550. The van der Waals surface area contributed by atoms with Crippen molar-refractivity contribution in [1.82, 2.24) is 5.32 Å². The van der Waals surface area contributed by atoms with Crippen LogP contribution < -0.4 is 5.32 Å². The van der Waals surface area contributed by atoms with Crippen LogP contribution in [0.4, 0.5) is 0 Å². The molecule has 0 spiro atoms. The van der Waals surface area contributed by atoms with E-state index in [0.29, 0.717) is 12.0 Å². The molecular formula is C11H21NO. The Morgan fingerprint density at radius 2 is 1.69 bits per heavy atom. The number of nitrogens with one attached hydrogen (secondary N) is 1. The van der Waals surface area contributed by atoms with Gasteiger partial charge in [0.05, 0.1) is 6.10 Å². The second kappa shape index (κ2) is 4.43. The third-order valence-corrected chi connectivity index (χ3v) is 3.65. The first kappa shape index (κ1) is 9.47. The van der Waals surface area contributed by atoms with Gasteiger partial charge in [-0.15, -0.1) is 0 Å². The van der Waals surface area contributed by atoms with Crippen LogP contribution in [0.5, 0.6) is 0 Å². The summed E-state index contributed by atoms with van der Waals surface area (Å²) in [5, 5.41) is 13.4. The van der Waals surface area contributed by atoms with Gasteiger partial charge in [0.1, 0.15) is 0 Å². The molecule has 0 radical (unpaired) electrons. The number of rotatable bonds is 1. The van der Waals surface area contributed by atoms with Crippen molar-refractivity contribution in [2.45, 2.75) is 57.1 Å². The van der Waals surface area contributed by atoms with Crippen LogP contribution >= 0.6 is 0 Å². The van der Waals surface area contributed by atoms with Gasteiger partial charge in [-0.05, 0) is 32.2 Å². The molecule has 0 bridgehead atoms. The smallest absolute Gasteiger partial charge is 0.0583 e. The maximum atomic E-state index is 9.88. The van der Waals surface area contributed by atoms with Crippen molar-refractivity contribution in [3.05, 3.63) is 0 Å². The Morgan fingerprint density at radius 1 is 0.923 bits per heavy atom. The molecule has 3 atom stereocenters. The first-order chi connectivity index (χ1) is 6.38. The highest BCUT2D eigenvalue weighted by atomic mass is 16.3. The molecule has 1 saturated heterocycles. The third-order valence-electron chi connectivity index (χ3n) is 3.65. The Balaban J connectivity index is 1.88. The summed E-state index contributed by atoms with van der Waals surface area (Å²) >= 11 is 0. The Morgan fingerprint density at radius 3 is 2.38 bits per heavy atom. The maximum absolute atomic E-state index is 9.88. The molecule has 1 aliphatic heterocycles. The average Bonchev–Trinajstić information content (AvgIpc) is 2.20. The topological polar surface area (TPSA) is 32.3 Å². The number of hydrogen-bond donors (Lipinski definition) is 2. The van der Waals surface area contributed by atoms with Crippen LogP contribution in [-0.4, -0.2) is 23.8 Å². The summed E-state index contributed by atoms with van der Waals surface area (Å²) < 4.78 is 0.